The molecule has 0 unspecified atom stereocenters. The number of thiophene rings is 1. The summed E-state index contributed by atoms with van der Waals surface area (Å²) in [7, 11) is -3.81. The van der Waals surface area contributed by atoms with Gasteiger partial charge in [0, 0.05) is 22.0 Å². The van der Waals surface area contributed by atoms with E-state index in [0.717, 1.165) is 17.4 Å². The molecule has 2 rings (SSSR count). The quantitative estimate of drug-likeness (QED) is 0.474. The molecule has 0 saturated carbocycles. The number of carbonyl (C=O) groups is 2. The maximum Gasteiger partial charge on any atom is 0.371 e. The zero-order valence-electron chi connectivity index (χ0n) is 11.3. The fourth-order valence-corrected chi connectivity index (χ4v) is 4.28. The summed E-state index contributed by atoms with van der Waals surface area (Å²) in [5, 5.41) is 19.2. The molecule has 2 aromatic rings. The van der Waals surface area contributed by atoms with E-state index >= 15 is 0 Å². The molecule has 9 heteroatoms. The van der Waals surface area contributed by atoms with Crippen molar-refractivity contribution in [1.29, 1.82) is 0 Å². The SMILES string of the molecule is O=C(O)/C(O)=C/C(=O)c1csc(S(=O)(=O)c2ccc(Cl)cc2)c1. The number of aliphatic hydroxyl groups excluding tert-OH is 1. The van der Waals surface area contributed by atoms with Crippen molar-refractivity contribution in [3.63, 3.8) is 0 Å². The average Bonchev–Trinajstić information content (AvgIpc) is 2.98. The van der Waals surface area contributed by atoms with Crippen LogP contribution in [0.3, 0.4) is 0 Å². The van der Waals surface area contributed by atoms with E-state index in [4.69, 9.17) is 21.8 Å². The lowest BCUT2D eigenvalue weighted by Gasteiger charge is -2.01. The maximum absolute atomic E-state index is 12.4. The molecule has 120 valence electrons. The number of carboxylic acid groups (broad SMARTS) is 1. The first-order valence-electron chi connectivity index (χ1n) is 5.99. The molecule has 0 bridgehead atoms. The van der Waals surface area contributed by atoms with Crippen molar-refractivity contribution < 1.29 is 28.2 Å². The van der Waals surface area contributed by atoms with E-state index in [-0.39, 0.29) is 14.7 Å². The number of allylic oxidation sites excluding steroid dienone is 1. The Hall–Kier alpha value is -2.16. The third kappa shape index (κ3) is 3.79. The minimum atomic E-state index is -3.81. The van der Waals surface area contributed by atoms with Crippen molar-refractivity contribution in [2.45, 2.75) is 9.10 Å². The molecular weight excluding hydrogens is 364 g/mol. The molecular formula is C14H9ClO6S2. The fraction of sp³-hybridized carbons (Fsp3) is 0. The van der Waals surface area contributed by atoms with Crippen LogP contribution in [0.15, 0.2) is 56.7 Å². The summed E-state index contributed by atoms with van der Waals surface area (Å²) in [4.78, 5) is 22.3. The van der Waals surface area contributed by atoms with Gasteiger partial charge in [-0.15, -0.1) is 11.3 Å². The molecule has 0 atom stereocenters. The Bertz CT molecular complexity index is 894. The largest absolute Gasteiger partial charge is 0.502 e. The van der Waals surface area contributed by atoms with Crippen LogP contribution in [0.25, 0.3) is 0 Å². The molecule has 1 aromatic carbocycles. The highest BCUT2D eigenvalue weighted by molar-refractivity contribution is 7.93. The van der Waals surface area contributed by atoms with Gasteiger partial charge < -0.3 is 10.2 Å². The van der Waals surface area contributed by atoms with Crippen LogP contribution < -0.4 is 0 Å². The van der Waals surface area contributed by atoms with E-state index in [1.54, 1.807) is 0 Å². The van der Waals surface area contributed by atoms with Gasteiger partial charge in [-0.2, -0.15) is 0 Å². The van der Waals surface area contributed by atoms with Crippen LogP contribution in [0.4, 0.5) is 0 Å². The monoisotopic (exact) mass is 372 g/mol. The molecule has 0 aliphatic rings. The fourth-order valence-electron chi connectivity index (χ4n) is 1.59. The first-order valence-corrected chi connectivity index (χ1v) is 8.73. The number of carbonyl (C=O) groups excluding carboxylic acids is 1. The molecule has 0 radical (unpaired) electrons. The number of hydrogen-bond donors (Lipinski definition) is 2. The Morgan fingerprint density at radius 3 is 2.30 bits per heavy atom. The van der Waals surface area contributed by atoms with Gasteiger partial charge in [0.15, 0.2) is 5.78 Å². The van der Waals surface area contributed by atoms with Gasteiger partial charge in [0.25, 0.3) is 0 Å². The number of halogens is 1. The first kappa shape index (κ1) is 17.2. The minimum absolute atomic E-state index is 0.0201. The van der Waals surface area contributed by atoms with Crippen LogP contribution in [0.2, 0.25) is 5.02 Å². The lowest BCUT2D eigenvalue weighted by Crippen LogP contribution is -2.03. The first-order chi connectivity index (χ1) is 10.7. The van der Waals surface area contributed by atoms with Crippen LogP contribution in [-0.4, -0.2) is 30.4 Å². The highest BCUT2D eigenvalue weighted by atomic mass is 35.5. The van der Waals surface area contributed by atoms with Gasteiger partial charge >= 0.3 is 5.97 Å². The predicted molar refractivity (Wildman–Crippen MR) is 83.9 cm³/mol. The summed E-state index contributed by atoms with van der Waals surface area (Å²) in [6.07, 6.45) is 0.517. The van der Waals surface area contributed by atoms with Crippen molar-refractivity contribution >= 4 is 44.5 Å². The maximum atomic E-state index is 12.4. The van der Waals surface area contributed by atoms with Crippen molar-refractivity contribution in [3.8, 4) is 0 Å². The summed E-state index contributed by atoms with van der Waals surface area (Å²) in [5.41, 5.74) is -0.0321. The van der Waals surface area contributed by atoms with E-state index in [1.807, 2.05) is 0 Å². The number of hydrogen-bond acceptors (Lipinski definition) is 6. The molecule has 2 N–H and O–H groups in total. The Morgan fingerprint density at radius 1 is 1.13 bits per heavy atom. The van der Waals surface area contributed by atoms with Crippen LogP contribution in [0.5, 0.6) is 0 Å². The molecule has 0 fully saturated rings. The summed E-state index contributed by atoms with van der Waals surface area (Å²) in [5.74, 6) is -3.58. The second-order valence-electron chi connectivity index (χ2n) is 4.31. The van der Waals surface area contributed by atoms with Gasteiger partial charge in [-0.25, -0.2) is 13.2 Å². The number of sulfone groups is 1. The molecule has 0 aliphatic carbocycles. The van der Waals surface area contributed by atoms with Crippen molar-refractivity contribution in [1.82, 2.24) is 0 Å². The predicted octanol–water partition coefficient (Wildman–Crippen LogP) is 2.94. The molecule has 1 heterocycles. The number of carboxylic acids is 1. The third-order valence-corrected chi connectivity index (χ3v) is 6.20. The summed E-state index contributed by atoms with van der Waals surface area (Å²) in [6, 6.07) is 6.68. The molecule has 1 aromatic heterocycles. The van der Waals surface area contributed by atoms with Gasteiger partial charge in [0.05, 0.1) is 4.90 Å². The van der Waals surface area contributed by atoms with Gasteiger partial charge in [0.2, 0.25) is 15.6 Å². The van der Waals surface area contributed by atoms with E-state index in [1.165, 1.54) is 29.6 Å². The van der Waals surface area contributed by atoms with Crippen molar-refractivity contribution in [3.05, 3.63) is 58.1 Å². The standard InChI is InChI=1S/C14H9ClO6S2/c15-9-1-3-10(4-2-9)23(20,21)13-5-8(7-22-13)11(16)6-12(17)14(18)19/h1-7,17H,(H,18,19)/b12-6-. The number of benzene rings is 1. The lowest BCUT2D eigenvalue weighted by molar-refractivity contribution is -0.135. The van der Waals surface area contributed by atoms with E-state index in [9.17, 15) is 18.0 Å². The van der Waals surface area contributed by atoms with Gasteiger partial charge in [0.1, 0.15) is 4.21 Å². The normalized spacial score (nSPS) is 12.1. The van der Waals surface area contributed by atoms with Crippen LogP contribution >= 0.6 is 22.9 Å². The van der Waals surface area contributed by atoms with Crippen LogP contribution in [-0.2, 0) is 14.6 Å². The lowest BCUT2D eigenvalue weighted by atomic mass is 10.2. The molecule has 0 aliphatic heterocycles. The van der Waals surface area contributed by atoms with Gasteiger partial charge in [-0.1, -0.05) is 11.6 Å². The third-order valence-electron chi connectivity index (χ3n) is 2.74. The highest BCUT2D eigenvalue weighted by Gasteiger charge is 2.21. The Kier molecular flexibility index (Phi) is 4.88. The van der Waals surface area contributed by atoms with E-state index < -0.39 is 27.3 Å². The molecule has 23 heavy (non-hydrogen) atoms. The zero-order valence-corrected chi connectivity index (χ0v) is 13.7. The average molecular weight is 373 g/mol. The van der Waals surface area contributed by atoms with E-state index in [0.29, 0.717) is 11.1 Å². The topological polar surface area (TPSA) is 109 Å². The Balaban J connectivity index is 2.35. The number of aliphatic carboxylic acids is 1. The number of aliphatic hydroxyl groups is 1. The molecule has 0 saturated heterocycles. The second-order valence-corrected chi connectivity index (χ2v) is 7.83. The van der Waals surface area contributed by atoms with Crippen LogP contribution in [0, 0.1) is 0 Å². The van der Waals surface area contributed by atoms with E-state index in [2.05, 4.69) is 0 Å². The Morgan fingerprint density at radius 2 is 1.74 bits per heavy atom. The summed E-state index contributed by atoms with van der Waals surface area (Å²) < 4.78 is 24.7. The molecule has 0 amide bonds. The Labute approximate surface area is 140 Å². The second kappa shape index (κ2) is 6.53. The van der Waals surface area contributed by atoms with Crippen molar-refractivity contribution in [2.75, 3.05) is 0 Å². The highest BCUT2D eigenvalue weighted by Crippen LogP contribution is 2.28. The van der Waals surface area contributed by atoms with Gasteiger partial charge in [-0.3, -0.25) is 4.79 Å². The van der Waals surface area contributed by atoms with Crippen molar-refractivity contribution in [2.24, 2.45) is 0 Å². The summed E-state index contributed by atoms with van der Waals surface area (Å²) >= 11 is 6.53. The van der Waals surface area contributed by atoms with Crippen LogP contribution in [0.1, 0.15) is 10.4 Å². The zero-order chi connectivity index (χ0) is 17.2. The minimum Gasteiger partial charge on any atom is -0.502 e. The smallest absolute Gasteiger partial charge is 0.371 e. The van der Waals surface area contributed by atoms with Gasteiger partial charge in [-0.05, 0) is 30.3 Å². The summed E-state index contributed by atoms with van der Waals surface area (Å²) in [6.45, 7) is 0. The number of ketones is 1. The molecule has 6 nitrogen and oxygen atoms in total. The number of rotatable bonds is 5. The molecule has 0 spiro atoms.